The lowest BCUT2D eigenvalue weighted by atomic mass is 9.99. The van der Waals surface area contributed by atoms with Crippen molar-refractivity contribution in [2.24, 2.45) is 16.6 Å². The molecule has 0 spiro atoms. The van der Waals surface area contributed by atoms with E-state index in [1.807, 2.05) is 0 Å². The van der Waals surface area contributed by atoms with Gasteiger partial charge < -0.3 is 10.8 Å². The molecule has 0 saturated heterocycles. The van der Waals surface area contributed by atoms with Crippen molar-refractivity contribution in [3.05, 3.63) is 11.8 Å². The number of rotatable bonds is 2. The lowest BCUT2D eigenvalue weighted by Gasteiger charge is -2.10. The Morgan fingerprint density at radius 2 is 2.33 bits per heavy atom. The quantitative estimate of drug-likeness (QED) is 0.583. The highest BCUT2D eigenvalue weighted by Crippen LogP contribution is 2.14. The Kier molecular flexibility index (Phi) is 2.23. The van der Waals surface area contributed by atoms with Gasteiger partial charge in [0.05, 0.1) is 5.92 Å². The first-order valence-corrected chi connectivity index (χ1v) is 3.36. The molecule has 12 heavy (non-hydrogen) atoms. The van der Waals surface area contributed by atoms with Gasteiger partial charge in [-0.2, -0.15) is 0 Å². The molecule has 5 heteroatoms. The standard InChI is InChI=1S/C7H8N2O3/c8-6(10)4-1-5(7(11)12)3-9-2-4/h2-3,5H,1H2,(H2,8,10)(H,11,12). The molecule has 0 aromatic heterocycles. The molecule has 1 rings (SSSR count). The summed E-state index contributed by atoms with van der Waals surface area (Å²) in [5.74, 6) is -2.33. The van der Waals surface area contributed by atoms with Crippen molar-refractivity contribution < 1.29 is 14.7 Å². The smallest absolute Gasteiger partial charge is 0.312 e. The van der Waals surface area contributed by atoms with Crippen LogP contribution in [0.3, 0.4) is 0 Å². The van der Waals surface area contributed by atoms with Gasteiger partial charge in [-0.25, -0.2) is 0 Å². The van der Waals surface area contributed by atoms with Gasteiger partial charge in [-0.05, 0) is 6.42 Å². The first-order chi connectivity index (χ1) is 5.61. The van der Waals surface area contributed by atoms with Crippen LogP contribution in [0.1, 0.15) is 6.42 Å². The second-order valence-corrected chi connectivity index (χ2v) is 2.47. The number of carbonyl (C=O) groups excluding carboxylic acids is 1. The minimum absolute atomic E-state index is 0.133. The second-order valence-electron chi connectivity index (χ2n) is 2.47. The molecule has 0 fully saturated rings. The van der Waals surface area contributed by atoms with Gasteiger partial charge in [0.1, 0.15) is 0 Å². The monoisotopic (exact) mass is 168 g/mol. The van der Waals surface area contributed by atoms with E-state index in [4.69, 9.17) is 10.8 Å². The van der Waals surface area contributed by atoms with Gasteiger partial charge in [-0.3, -0.25) is 14.6 Å². The number of aliphatic imine (C=N–C) groups is 1. The van der Waals surface area contributed by atoms with Gasteiger partial charge in [0.15, 0.2) is 0 Å². The van der Waals surface area contributed by atoms with Gasteiger partial charge in [0.2, 0.25) is 5.91 Å². The molecule has 0 saturated carbocycles. The van der Waals surface area contributed by atoms with Crippen LogP contribution in [0.2, 0.25) is 0 Å². The number of carbonyl (C=O) groups is 2. The molecule has 1 heterocycles. The highest BCUT2D eigenvalue weighted by molar-refractivity contribution is 5.97. The van der Waals surface area contributed by atoms with Crippen LogP contribution in [-0.4, -0.2) is 23.2 Å². The van der Waals surface area contributed by atoms with Crippen molar-refractivity contribution in [3.8, 4) is 0 Å². The van der Waals surface area contributed by atoms with Gasteiger partial charge in [-0.1, -0.05) is 0 Å². The predicted octanol–water partition coefficient (Wildman–Crippen LogP) is -0.469. The first kappa shape index (κ1) is 8.45. The van der Waals surface area contributed by atoms with Crippen molar-refractivity contribution in [1.82, 2.24) is 0 Å². The lowest BCUT2D eigenvalue weighted by Crippen LogP contribution is -2.23. The van der Waals surface area contributed by atoms with Gasteiger partial charge >= 0.3 is 5.97 Å². The number of primary amides is 1. The first-order valence-electron chi connectivity index (χ1n) is 3.36. The number of nitrogens with zero attached hydrogens (tertiary/aromatic N) is 1. The largest absolute Gasteiger partial charge is 0.481 e. The molecule has 0 aliphatic carbocycles. The number of aliphatic carboxylic acids is 1. The van der Waals surface area contributed by atoms with Crippen molar-refractivity contribution in [2.75, 3.05) is 0 Å². The van der Waals surface area contributed by atoms with E-state index in [1.165, 1.54) is 12.4 Å². The zero-order valence-corrected chi connectivity index (χ0v) is 6.23. The fourth-order valence-electron chi connectivity index (χ4n) is 0.895. The molecule has 1 aliphatic rings. The maximum atomic E-state index is 10.6. The molecule has 5 nitrogen and oxygen atoms in total. The third-order valence-electron chi connectivity index (χ3n) is 1.57. The van der Waals surface area contributed by atoms with E-state index < -0.39 is 17.8 Å². The van der Waals surface area contributed by atoms with E-state index in [0.717, 1.165) is 0 Å². The van der Waals surface area contributed by atoms with E-state index in [0.29, 0.717) is 0 Å². The van der Waals surface area contributed by atoms with E-state index in [-0.39, 0.29) is 12.0 Å². The zero-order valence-electron chi connectivity index (χ0n) is 6.23. The second kappa shape index (κ2) is 3.17. The van der Waals surface area contributed by atoms with Crippen LogP contribution < -0.4 is 5.73 Å². The van der Waals surface area contributed by atoms with Crippen LogP contribution in [0.5, 0.6) is 0 Å². The fraction of sp³-hybridized carbons (Fsp3) is 0.286. The topological polar surface area (TPSA) is 92.8 Å². The summed E-state index contributed by atoms with van der Waals surface area (Å²) in [4.78, 5) is 24.7. The Bertz CT molecular complexity index is 280. The highest BCUT2D eigenvalue weighted by Gasteiger charge is 2.21. The summed E-state index contributed by atoms with van der Waals surface area (Å²) >= 11 is 0. The number of carboxylic acid groups (broad SMARTS) is 1. The van der Waals surface area contributed by atoms with Gasteiger partial charge in [0, 0.05) is 18.0 Å². The molecule has 0 radical (unpaired) electrons. The van der Waals surface area contributed by atoms with Crippen molar-refractivity contribution in [2.45, 2.75) is 6.42 Å². The Labute approximate surface area is 68.6 Å². The average Bonchev–Trinajstić information content (AvgIpc) is 2.04. The number of amides is 1. The molecule has 1 atom stereocenters. The van der Waals surface area contributed by atoms with Crippen molar-refractivity contribution in [1.29, 1.82) is 0 Å². The molecule has 1 amide bonds. The Balaban J connectivity index is 2.74. The maximum absolute atomic E-state index is 10.6. The third kappa shape index (κ3) is 1.69. The van der Waals surface area contributed by atoms with Crippen LogP contribution in [-0.2, 0) is 9.59 Å². The number of nitrogens with two attached hydrogens (primary N) is 1. The Morgan fingerprint density at radius 3 is 2.83 bits per heavy atom. The molecule has 0 aromatic carbocycles. The predicted molar refractivity (Wildman–Crippen MR) is 41.5 cm³/mol. The SMILES string of the molecule is NC(=O)C1=CN=CC(C(=O)O)C1. The minimum atomic E-state index is -0.995. The highest BCUT2D eigenvalue weighted by atomic mass is 16.4. The molecule has 0 aromatic rings. The van der Waals surface area contributed by atoms with Crippen molar-refractivity contribution >= 4 is 18.1 Å². The number of hydrogen-bond acceptors (Lipinski definition) is 3. The molecule has 0 bridgehead atoms. The molecular weight excluding hydrogens is 160 g/mol. The van der Waals surface area contributed by atoms with Crippen LogP contribution in [0.4, 0.5) is 0 Å². The summed E-state index contributed by atoms with van der Waals surface area (Å²) in [5.41, 5.74) is 5.21. The molecular formula is C7H8N2O3. The maximum Gasteiger partial charge on any atom is 0.312 e. The Morgan fingerprint density at radius 1 is 1.67 bits per heavy atom. The number of carboxylic acids is 1. The van der Waals surface area contributed by atoms with E-state index in [1.54, 1.807) is 0 Å². The summed E-state index contributed by atoms with van der Waals surface area (Å²) in [6, 6.07) is 0. The van der Waals surface area contributed by atoms with Crippen LogP contribution >= 0.6 is 0 Å². The summed E-state index contributed by atoms with van der Waals surface area (Å²) in [6.07, 6.45) is 2.71. The van der Waals surface area contributed by atoms with Crippen LogP contribution in [0.15, 0.2) is 16.8 Å². The summed E-state index contributed by atoms with van der Waals surface area (Å²) in [5, 5.41) is 8.57. The lowest BCUT2D eigenvalue weighted by molar-refractivity contribution is -0.139. The average molecular weight is 168 g/mol. The molecule has 1 unspecified atom stereocenters. The summed E-state index contributed by atoms with van der Waals surface area (Å²) in [6.45, 7) is 0. The van der Waals surface area contributed by atoms with E-state index >= 15 is 0 Å². The van der Waals surface area contributed by atoms with Gasteiger partial charge in [0.25, 0.3) is 0 Å². The number of hydrogen-bond donors (Lipinski definition) is 2. The van der Waals surface area contributed by atoms with Crippen LogP contribution in [0, 0.1) is 5.92 Å². The van der Waals surface area contributed by atoms with Crippen molar-refractivity contribution in [3.63, 3.8) is 0 Å². The third-order valence-corrected chi connectivity index (χ3v) is 1.57. The van der Waals surface area contributed by atoms with E-state index in [2.05, 4.69) is 4.99 Å². The fourth-order valence-corrected chi connectivity index (χ4v) is 0.895. The van der Waals surface area contributed by atoms with E-state index in [9.17, 15) is 9.59 Å². The minimum Gasteiger partial charge on any atom is -0.481 e. The normalized spacial score (nSPS) is 21.7. The summed E-state index contributed by atoms with van der Waals surface area (Å²) < 4.78 is 0. The zero-order chi connectivity index (χ0) is 9.14. The van der Waals surface area contributed by atoms with Crippen LogP contribution in [0.25, 0.3) is 0 Å². The van der Waals surface area contributed by atoms with Gasteiger partial charge in [-0.15, -0.1) is 0 Å². The molecule has 3 N–H and O–H groups in total. The summed E-state index contributed by atoms with van der Waals surface area (Å²) in [7, 11) is 0. The molecule has 64 valence electrons. The Hall–Kier alpha value is -1.65. The molecule has 1 aliphatic heterocycles.